The van der Waals surface area contributed by atoms with Crippen LogP contribution in [0.2, 0.25) is 0 Å². The molecule has 0 aromatic rings. The van der Waals surface area contributed by atoms with Gasteiger partial charge in [0.25, 0.3) is 0 Å². The Morgan fingerprint density at radius 2 is 1.76 bits per heavy atom. The molecule has 7 nitrogen and oxygen atoms in total. The molecule has 0 spiro atoms. The second-order valence-electron chi connectivity index (χ2n) is 11.6. The Morgan fingerprint density at radius 3 is 2.48 bits per heavy atom. The summed E-state index contributed by atoms with van der Waals surface area (Å²) in [5.74, 6) is 1.58. The second kappa shape index (κ2) is 7.97. The van der Waals surface area contributed by atoms with Crippen molar-refractivity contribution in [2.24, 2.45) is 28.6 Å². The number of carbonyl (C=O) groups is 1. The smallest absolute Gasteiger partial charge is 0.187 e. The van der Waals surface area contributed by atoms with E-state index in [1.807, 2.05) is 6.08 Å². The summed E-state index contributed by atoms with van der Waals surface area (Å²) in [6.07, 6.45) is 5.31. The van der Waals surface area contributed by atoms with Gasteiger partial charge in [-0.15, -0.1) is 0 Å². The lowest BCUT2D eigenvalue weighted by molar-refractivity contribution is -0.338. The first-order chi connectivity index (χ1) is 15.5. The second-order valence-corrected chi connectivity index (χ2v) is 11.6. The molecule has 7 heteroatoms. The van der Waals surface area contributed by atoms with Gasteiger partial charge in [-0.3, -0.25) is 4.79 Å². The normalized spacial score (nSPS) is 53.8. The van der Waals surface area contributed by atoms with E-state index in [0.29, 0.717) is 17.8 Å². The van der Waals surface area contributed by atoms with Crippen molar-refractivity contribution in [3.63, 3.8) is 0 Å². The van der Waals surface area contributed by atoms with E-state index in [2.05, 4.69) is 26.8 Å². The molecule has 33 heavy (non-hydrogen) atoms. The number of carbonyl (C=O) groups excluding carboxylic acids is 1. The van der Waals surface area contributed by atoms with Crippen molar-refractivity contribution in [1.82, 2.24) is 0 Å². The maximum atomic E-state index is 12.0. The Balaban J connectivity index is 1.38. The van der Waals surface area contributed by atoms with E-state index in [-0.39, 0.29) is 16.6 Å². The molecular weight excluding hydrogens is 424 g/mol. The van der Waals surface area contributed by atoms with Gasteiger partial charge >= 0.3 is 0 Å². The van der Waals surface area contributed by atoms with Gasteiger partial charge in [0.1, 0.15) is 24.4 Å². The topological polar surface area (TPSA) is 116 Å². The van der Waals surface area contributed by atoms with Gasteiger partial charge in [-0.2, -0.15) is 0 Å². The third-order valence-corrected chi connectivity index (χ3v) is 10.3. The molecule has 4 aliphatic carbocycles. The first-order valence-electron chi connectivity index (χ1n) is 12.5. The summed E-state index contributed by atoms with van der Waals surface area (Å²) in [5.41, 5.74) is 0.526. The van der Waals surface area contributed by atoms with Crippen LogP contribution >= 0.6 is 0 Å². The van der Waals surface area contributed by atoms with Gasteiger partial charge in [0.2, 0.25) is 0 Å². The number of fused-ring (bicyclic) bond motifs is 5. The van der Waals surface area contributed by atoms with Crippen molar-refractivity contribution in [2.45, 2.75) is 95.6 Å². The minimum Gasteiger partial charge on any atom is -0.394 e. The molecule has 11 atom stereocenters. The summed E-state index contributed by atoms with van der Waals surface area (Å²) in [7, 11) is 0. The lowest BCUT2D eigenvalue weighted by atomic mass is 9.47. The van der Waals surface area contributed by atoms with Gasteiger partial charge in [0, 0.05) is 5.41 Å². The summed E-state index contributed by atoms with van der Waals surface area (Å²) < 4.78 is 12.2. The number of allylic oxidation sites excluding steroid dienone is 4. The van der Waals surface area contributed by atoms with E-state index in [0.717, 1.165) is 38.5 Å². The van der Waals surface area contributed by atoms with Gasteiger partial charge in [-0.05, 0) is 80.8 Å². The number of ketones is 1. The van der Waals surface area contributed by atoms with Crippen molar-refractivity contribution >= 4 is 5.78 Å². The largest absolute Gasteiger partial charge is 0.394 e. The number of aliphatic hydroxyl groups excluding tert-OH is 4. The van der Waals surface area contributed by atoms with Gasteiger partial charge in [0.05, 0.1) is 12.2 Å². The molecule has 4 N–H and O–H groups in total. The highest BCUT2D eigenvalue weighted by Gasteiger charge is 2.64. The Kier molecular flexibility index (Phi) is 5.71. The van der Waals surface area contributed by atoms with Gasteiger partial charge in [0.15, 0.2) is 12.1 Å². The van der Waals surface area contributed by atoms with Gasteiger partial charge < -0.3 is 29.9 Å². The van der Waals surface area contributed by atoms with Crippen LogP contribution in [0.4, 0.5) is 0 Å². The van der Waals surface area contributed by atoms with E-state index in [4.69, 9.17) is 9.47 Å². The Labute approximate surface area is 195 Å². The van der Waals surface area contributed by atoms with Crippen LogP contribution in [0.1, 0.15) is 59.3 Å². The fraction of sp³-hybridized carbons (Fsp3) is 0.808. The lowest BCUT2D eigenvalue weighted by Crippen LogP contribution is -2.62. The van der Waals surface area contributed by atoms with E-state index < -0.39 is 42.9 Å². The van der Waals surface area contributed by atoms with E-state index in [1.165, 1.54) is 5.57 Å². The monoisotopic (exact) mass is 462 g/mol. The molecule has 0 amide bonds. The summed E-state index contributed by atoms with van der Waals surface area (Å²) in [5, 5.41) is 40.5. The van der Waals surface area contributed by atoms with E-state index >= 15 is 0 Å². The van der Waals surface area contributed by atoms with Crippen LogP contribution in [0.15, 0.2) is 23.8 Å². The van der Waals surface area contributed by atoms with Crippen LogP contribution in [0.5, 0.6) is 0 Å². The average Bonchev–Trinajstić information content (AvgIpc) is 3.05. The number of rotatable bonds is 3. The lowest BCUT2D eigenvalue weighted by Gasteiger charge is -2.59. The molecule has 5 rings (SSSR count). The van der Waals surface area contributed by atoms with Crippen LogP contribution in [-0.2, 0) is 14.3 Å². The van der Waals surface area contributed by atoms with Crippen LogP contribution < -0.4 is 0 Å². The van der Waals surface area contributed by atoms with Gasteiger partial charge in [-0.25, -0.2) is 0 Å². The molecular formula is C26H38O7. The zero-order valence-electron chi connectivity index (χ0n) is 19.8. The molecule has 3 saturated carbocycles. The molecule has 0 aromatic carbocycles. The Hall–Kier alpha value is -1.09. The average molecular weight is 463 g/mol. The van der Waals surface area contributed by atoms with Crippen LogP contribution in [0.3, 0.4) is 0 Å². The first-order valence-corrected chi connectivity index (χ1v) is 12.5. The maximum absolute atomic E-state index is 12.0. The van der Waals surface area contributed by atoms with Crippen molar-refractivity contribution in [1.29, 1.82) is 0 Å². The Bertz CT molecular complexity index is 867. The van der Waals surface area contributed by atoms with Crippen LogP contribution in [0.25, 0.3) is 0 Å². The van der Waals surface area contributed by atoms with Crippen molar-refractivity contribution in [3.05, 3.63) is 23.8 Å². The summed E-state index contributed by atoms with van der Waals surface area (Å²) in [6.45, 7) is 6.21. The Morgan fingerprint density at radius 1 is 1.03 bits per heavy atom. The van der Waals surface area contributed by atoms with Crippen molar-refractivity contribution in [2.75, 3.05) is 6.61 Å². The van der Waals surface area contributed by atoms with E-state index in [9.17, 15) is 25.2 Å². The third kappa shape index (κ3) is 3.34. The molecule has 4 fully saturated rings. The zero-order valence-corrected chi connectivity index (χ0v) is 19.8. The first kappa shape index (κ1) is 23.6. The standard InChI is InChI=1S/C26H38O7/c1-24-9-6-15(28)12-14(24)4-5-16-17(24)7-10-25(2)18(16)8-11-26(25,3)33-23-22(31)21(30)20(29)19(13-27)32-23/h6,9,12,16-23,27,29-31H,4-5,7-8,10-11,13H2,1-3H3/t16-,17+,18+,19-,20-,21+,22-,23+,24+,25+,26+/m1/s1. The number of ether oxygens (including phenoxy) is 2. The van der Waals surface area contributed by atoms with Gasteiger partial charge in [-0.1, -0.05) is 25.5 Å². The maximum Gasteiger partial charge on any atom is 0.187 e. The van der Waals surface area contributed by atoms with Crippen LogP contribution in [-0.4, -0.2) is 69.1 Å². The number of aliphatic hydroxyl groups is 4. The van der Waals surface area contributed by atoms with Crippen molar-refractivity contribution < 1.29 is 34.7 Å². The molecule has 1 saturated heterocycles. The quantitative estimate of drug-likeness (QED) is 0.506. The molecule has 0 bridgehead atoms. The fourth-order valence-electron chi connectivity index (χ4n) is 8.04. The number of hydrogen-bond donors (Lipinski definition) is 4. The molecule has 0 radical (unpaired) electrons. The highest BCUT2D eigenvalue weighted by atomic mass is 16.7. The van der Waals surface area contributed by atoms with E-state index in [1.54, 1.807) is 6.08 Å². The van der Waals surface area contributed by atoms with Crippen molar-refractivity contribution in [3.8, 4) is 0 Å². The summed E-state index contributed by atoms with van der Waals surface area (Å²) >= 11 is 0. The zero-order chi connectivity index (χ0) is 23.8. The minimum absolute atomic E-state index is 0.0602. The molecule has 1 aliphatic heterocycles. The minimum atomic E-state index is -1.44. The molecule has 5 aliphatic rings. The predicted molar refractivity (Wildman–Crippen MR) is 120 cm³/mol. The SMILES string of the molecule is C[C@]12C=CC(=O)C=C1CC[C@@H]1[C@@H]2CC[C@@]2(C)[C@H]1CC[C@]2(C)O[C@@H]1O[C@H](CO)[C@@H](O)[C@H](O)[C@H]1O. The van der Waals surface area contributed by atoms with Crippen LogP contribution in [0, 0.1) is 28.6 Å². The molecule has 184 valence electrons. The summed E-state index contributed by atoms with van der Waals surface area (Å²) in [4.78, 5) is 12.0. The third-order valence-electron chi connectivity index (χ3n) is 10.3. The molecule has 0 unspecified atom stereocenters. The molecule has 1 heterocycles. The predicted octanol–water partition coefficient (Wildman–Crippen LogP) is 1.87. The number of hydrogen-bond acceptors (Lipinski definition) is 7. The summed E-state index contributed by atoms with van der Waals surface area (Å²) in [6, 6.07) is 0. The highest BCUT2D eigenvalue weighted by Crippen LogP contribution is 2.67. The molecule has 0 aromatic heterocycles. The fourth-order valence-corrected chi connectivity index (χ4v) is 8.04. The highest BCUT2D eigenvalue weighted by molar-refractivity contribution is 6.01.